The lowest BCUT2D eigenvalue weighted by Gasteiger charge is -2.28. The number of hydrogen-bond acceptors (Lipinski definition) is 5. The van der Waals surface area contributed by atoms with Crippen molar-refractivity contribution in [2.24, 2.45) is 0 Å². The van der Waals surface area contributed by atoms with Crippen LogP contribution in [-0.4, -0.2) is 20.7 Å². The summed E-state index contributed by atoms with van der Waals surface area (Å²) in [5.41, 5.74) is 5.29. The van der Waals surface area contributed by atoms with Crippen LogP contribution in [0.4, 0.5) is 11.6 Å². The molecule has 1 aliphatic rings. The second-order valence-corrected chi connectivity index (χ2v) is 8.26. The Kier molecular flexibility index (Phi) is 5.82. The third kappa shape index (κ3) is 4.41. The van der Waals surface area contributed by atoms with Crippen molar-refractivity contribution in [2.45, 2.75) is 26.5 Å². The summed E-state index contributed by atoms with van der Waals surface area (Å²) < 4.78 is 7.70. The molecule has 1 atom stereocenters. The van der Waals surface area contributed by atoms with Crippen LogP contribution < -0.4 is 15.4 Å². The van der Waals surface area contributed by atoms with E-state index in [4.69, 9.17) is 4.74 Å². The van der Waals surface area contributed by atoms with E-state index in [9.17, 15) is 4.79 Å². The van der Waals surface area contributed by atoms with Crippen molar-refractivity contribution in [3.05, 3.63) is 113 Å². The second kappa shape index (κ2) is 9.23. The zero-order valence-electron chi connectivity index (χ0n) is 19.0. The molecule has 1 amide bonds. The Morgan fingerprint density at radius 3 is 2.47 bits per heavy atom. The third-order valence-corrected chi connectivity index (χ3v) is 5.79. The normalized spacial score (nSPS) is 14.8. The van der Waals surface area contributed by atoms with Gasteiger partial charge in [0.25, 0.3) is 5.91 Å². The van der Waals surface area contributed by atoms with Crippen LogP contribution in [0.3, 0.4) is 0 Å². The summed E-state index contributed by atoms with van der Waals surface area (Å²) in [4.78, 5) is 17.6. The zero-order chi connectivity index (χ0) is 23.5. The summed E-state index contributed by atoms with van der Waals surface area (Å²) >= 11 is 0. The molecule has 34 heavy (non-hydrogen) atoms. The average molecular weight is 452 g/mol. The molecule has 0 saturated heterocycles. The number of ether oxygens (including phenoxy) is 1. The fraction of sp³-hybridized carbons (Fsp3) is 0.148. The number of para-hydroxylation sites is 1. The number of benzene rings is 3. The number of nitrogens with one attached hydrogen (secondary N) is 2. The van der Waals surface area contributed by atoms with Crippen molar-refractivity contribution in [1.82, 2.24) is 14.8 Å². The van der Waals surface area contributed by atoms with E-state index in [0.29, 0.717) is 18.1 Å². The SMILES string of the molecule is CC1=C(C(=O)Nc2ccccc2)[C@H](c2ccc(OCc3ccc(C)cc3)cc2)n2ncnc2N1. The predicted molar refractivity (Wildman–Crippen MR) is 132 cm³/mol. The number of nitrogens with zero attached hydrogens (tertiary/aromatic N) is 3. The van der Waals surface area contributed by atoms with Gasteiger partial charge in [0, 0.05) is 11.4 Å². The minimum atomic E-state index is -0.423. The number of fused-ring (bicyclic) bond motifs is 1. The highest BCUT2D eigenvalue weighted by molar-refractivity contribution is 6.06. The smallest absolute Gasteiger partial charge is 0.255 e. The number of hydrogen-bond donors (Lipinski definition) is 2. The molecule has 7 nitrogen and oxygen atoms in total. The van der Waals surface area contributed by atoms with Crippen LogP contribution in [0.15, 0.2) is 96.5 Å². The summed E-state index contributed by atoms with van der Waals surface area (Å²) in [5.74, 6) is 1.16. The molecule has 1 aliphatic heterocycles. The van der Waals surface area contributed by atoms with Crippen LogP contribution in [0.2, 0.25) is 0 Å². The van der Waals surface area contributed by atoms with E-state index in [1.165, 1.54) is 11.9 Å². The molecule has 0 radical (unpaired) electrons. The Morgan fingerprint density at radius 1 is 1.00 bits per heavy atom. The fourth-order valence-electron chi connectivity index (χ4n) is 4.01. The highest BCUT2D eigenvalue weighted by Gasteiger charge is 2.33. The van der Waals surface area contributed by atoms with E-state index in [1.807, 2.05) is 61.5 Å². The number of amides is 1. The molecular formula is C27H25N5O2. The van der Waals surface area contributed by atoms with Gasteiger partial charge < -0.3 is 15.4 Å². The Hall–Kier alpha value is -4.39. The van der Waals surface area contributed by atoms with Crippen LogP contribution in [0.1, 0.15) is 29.7 Å². The van der Waals surface area contributed by atoms with Gasteiger partial charge in [0.05, 0.1) is 5.57 Å². The topological polar surface area (TPSA) is 81.1 Å². The van der Waals surface area contributed by atoms with Gasteiger partial charge >= 0.3 is 0 Å². The summed E-state index contributed by atoms with van der Waals surface area (Å²) in [7, 11) is 0. The average Bonchev–Trinajstić information content (AvgIpc) is 3.32. The monoisotopic (exact) mass is 451 g/mol. The van der Waals surface area contributed by atoms with Gasteiger partial charge in [-0.05, 0) is 49.2 Å². The van der Waals surface area contributed by atoms with Crippen molar-refractivity contribution in [2.75, 3.05) is 10.6 Å². The van der Waals surface area contributed by atoms with E-state index in [-0.39, 0.29) is 5.91 Å². The number of anilines is 2. The molecule has 0 bridgehead atoms. The van der Waals surface area contributed by atoms with Crippen molar-refractivity contribution in [1.29, 1.82) is 0 Å². The maximum absolute atomic E-state index is 13.3. The molecule has 0 fully saturated rings. The maximum Gasteiger partial charge on any atom is 0.255 e. The molecule has 2 N–H and O–H groups in total. The molecule has 1 aromatic heterocycles. The van der Waals surface area contributed by atoms with E-state index >= 15 is 0 Å². The molecule has 0 saturated carbocycles. The Balaban J connectivity index is 1.40. The zero-order valence-corrected chi connectivity index (χ0v) is 19.0. The van der Waals surface area contributed by atoms with Crippen molar-refractivity contribution in [3.63, 3.8) is 0 Å². The first-order valence-corrected chi connectivity index (χ1v) is 11.1. The van der Waals surface area contributed by atoms with Gasteiger partial charge in [-0.3, -0.25) is 4.79 Å². The van der Waals surface area contributed by atoms with Gasteiger partial charge in [-0.15, -0.1) is 0 Å². The number of carbonyl (C=O) groups is 1. The first kappa shape index (κ1) is 21.5. The molecule has 5 rings (SSSR count). The predicted octanol–water partition coefficient (Wildman–Crippen LogP) is 5.09. The lowest BCUT2D eigenvalue weighted by molar-refractivity contribution is -0.113. The van der Waals surface area contributed by atoms with E-state index in [2.05, 4.69) is 51.9 Å². The second-order valence-electron chi connectivity index (χ2n) is 8.26. The van der Waals surface area contributed by atoms with Crippen LogP contribution in [0.5, 0.6) is 5.75 Å². The van der Waals surface area contributed by atoms with Gasteiger partial charge in [-0.2, -0.15) is 10.1 Å². The summed E-state index contributed by atoms with van der Waals surface area (Å²) in [6, 6.07) is 25.0. The quantitative estimate of drug-likeness (QED) is 0.427. The minimum Gasteiger partial charge on any atom is -0.489 e. The Labute approximate surface area is 198 Å². The number of aromatic nitrogens is 3. The van der Waals surface area contributed by atoms with Gasteiger partial charge in [-0.1, -0.05) is 60.2 Å². The highest BCUT2D eigenvalue weighted by atomic mass is 16.5. The standard InChI is InChI=1S/C27H25N5O2/c1-18-8-10-20(11-9-18)16-34-23-14-12-21(13-15-23)25-24(19(2)30-27-28-17-29-32(25)27)26(33)31-22-6-4-3-5-7-22/h3-15,17,25H,16H2,1-2H3,(H,31,33)(H,28,29,30)/t25-/m0/s1. The van der Waals surface area contributed by atoms with Crippen LogP contribution in [-0.2, 0) is 11.4 Å². The van der Waals surface area contributed by atoms with Gasteiger partial charge in [-0.25, -0.2) is 4.68 Å². The first-order chi connectivity index (χ1) is 16.6. The summed E-state index contributed by atoms with van der Waals surface area (Å²) in [5, 5.41) is 10.6. The van der Waals surface area contributed by atoms with Gasteiger partial charge in [0.2, 0.25) is 5.95 Å². The fourth-order valence-corrected chi connectivity index (χ4v) is 4.01. The molecule has 2 heterocycles. The Morgan fingerprint density at radius 2 is 1.74 bits per heavy atom. The molecule has 3 aromatic carbocycles. The minimum absolute atomic E-state index is 0.193. The van der Waals surface area contributed by atoms with Crippen molar-refractivity contribution >= 4 is 17.5 Å². The van der Waals surface area contributed by atoms with Crippen LogP contribution in [0.25, 0.3) is 0 Å². The van der Waals surface area contributed by atoms with Crippen molar-refractivity contribution < 1.29 is 9.53 Å². The van der Waals surface area contributed by atoms with Crippen LogP contribution >= 0.6 is 0 Å². The summed E-state index contributed by atoms with van der Waals surface area (Å²) in [6.45, 7) is 4.43. The molecular weight excluding hydrogens is 426 g/mol. The third-order valence-electron chi connectivity index (χ3n) is 5.79. The molecule has 7 heteroatoms. The molecule has 4 aromatic rings. The first-order valence-electron chi connectivity index (χ1n) is 11.1. The maximum atomic E-state index is 13.3. The lowest BCUT2D eigenvalue weighted by atomic mass is 9.95. The van der Waals surface area contributed by atoms with E-state index < -0.39 is 6.04 Å². The summed E-state index contributed by atoms with van der Waals surface area (Å²) in [6.07, 6.45) is 1.49. The Bertz CT molecular complexity index is 1330. The van der Waals surface area contributed by atoms with Gasteiger partial charge in [0.1, 0.15) is 24.7 Å². The van der Waals surface area contributed by atoms with Crippen LogP contribution in [0, 0.1) is 6.92 Å². The highest BCUT2D eigenvalue weighted by Crippen LogP contribution is 2.35. The number of rotatable bonds is 6. The molecule has 0 spiro atoms. The molecule has 170 valence electrons. The number of aryl methyl sites for hydroxylation is 1. The largest absolute Gasteiger partial charge is 0.489 e. The van der Waals surface area contributed by atoms with E-state index in [0.717, 1.165) is 28.3 Å². The molecule has 0 aliphatic carbocycles. The lowest BCUT2D eigenvalue weighted by Crippen LogP contribution is -2.31. The number of allylic oxidation sites excluding steroid dienone is 1. The number of carbonyl (C=O) groups excluding carboxylic acids is 1. The van der Waals surface area contributed by atoms with Gasteiger partial charge in [0.15, 0.2) is 0 Å². The van der Waals surface area contributed by atoms with Crippen molar-refractivity contribution in [3.8, 4) is 5.75 Å². The van der Waals surface area contributed by atoms with E-state index in [1.54, 1.807) is 4.68 Å². The molecule has 0 unspecified atom stereocenters.